The van der Waals surface area contributed by atoms with E-state index in [9.17, 15) is 4.79 Å². The topological polar surface area (TPSA) is 72.9 Å². The van der Waals surface area contributed by atoms with Gasteiger partial charge in [-0.25, -0.2) is 4.98 Å². The average Bonchev–Trinajstić information content (AvgIpc) is 2.83. The predicted molar refractivity (Wildman–Crippen MR) is 67.3 cm³/mol. The van der Waals surface area contributed by atoms with Crippen LogP contribution in [0.3, 0.4) is 0 Å². The molecule has 1 unspecified atom stereocenters. The number of hydrogen-bond acceptors (Lipinski definition) is 3. The zero-order valence-corrected chi connectivity index (χ0v) is 10.4. The van der Waals surface area contributed by atoms with Crippen molar-refractivity contribution < 1.29 is 4.79 Å². The van der Waals surface area contributed by atoms with Crippen molar-refractivity contribution in [1.29, 1.82) is 0 Å². The van der Waals surface area contributed by atoms with E-state index in [-0.39, 0.29) is 11.8 Å². The summed E-state index contributed by atoms with van der Waals surface area (Å²) in [6, 6.07) is 0. The number of hydrogen-bond donors (Lipinski definition) is 2. The molecule has 1 atom stereocenters. The Kier molecular flexibility index (Phi) is 6.32. The van der Waals surface area contributed by atoms with Gasteiger partial charge < -0.3 is 15.6 Å². The summed E-state index contributed by atoms with van der Waals surface area (Å²) < 4.78 is 2.04. The van der Waals surface area contributed by atoms with E-state index in [0.29, 0.717) is 6.54 Å². The Labute approximate surface area is 102 Å². The van der Waals surface area contributed by atoms with Gasteiger partial charge in [0.15, 0.2) is 0 Å². The zero-order chi connectivity index (χ0) is 12.5. The molecular formula is C12H22N4O. The molecule has 0 aliphatic carbocycles. The quantitative estimate of drug-likeness (QED) is 0.657. The Morgan fingerprint density at radius 1 is 1.53 bits per heavy atom. The van der Waals surface area contributed by atoms with Crippen LogP contribution >= 0.6 is 0 Å². The van der Waals surface area contributed by atoms with Gasteiger partial charge in [-0.3, -0.25) is 4.79 Å². The first-order valence-electron chi connectivity index (χ1n) is 6.21. The molecule has 0 bridgehead atoms. The first-order valence-corrected chi connectivity index (χ1v) is 6.21. The van der Waals surface area contributed by atoms with Crippen molar-refractivity contribution in [3.63, 3.8) is 0 Å². The summed E-state index contributed by atoms with van der Waals surface area (Å²) in [5.74, 6) is 0.0429. The predicted octanol–water partition coefficient (Wildman–Crippen LogP) is 0.764. The lowest BCUT2D eigenvalue weighted by molar-refractivity contribution is -0.124. The number of carbonyl (C=O) groups is 1. The number of carbonyl (C=O) groups excluding carboxylic acids is 1. The summed E-state index contributed by atoms with van der Waals surface area (Å²) in [6.07, 6.45) is 8.34. The van der Waals surface area contributed by atoms with Crippen LogP contribution in [-0.2, 0) is 11.3 Å². The highest BCUT2D eigenvalue weighted by molar-refractivity contribution is 5.78. The number of nitrogens with zero attached hydrogens (tertiary/aromatic N) is 2. The van der Waals surface area contributed by atoms with Crippen molar-refractivity contribution in [3.8, 4) is 0 Å². The molecule has 3 N–H and O–H groups in total. The van der Waals surface area contributed by atoms with E-state index in [2.05, 4.69) is 10.3 Å². The minimum absolute atomic E-state index is 0.0383. The van der Waals surface area contributed by atoms with E-state index in [0.717, 1.165) is 32.4 Å². The lowest BCUT2D eigenvalue weighted by Crippen LogP contribution is -2.35. The van der Waals surface area contributed by atoms with Gasteiger partial charge in [-0.15, -0.1) is 0 Å². The van der Waals surface area contributed by atoms with E-state index < -0.39 is 0 Å². The standard InChI is InChI=1S/C12H22N4O/c1-2-11(9-13)12(17)15-5-3-4-7-16-8-6-14-10-16/h6,8,10-11H,2-5,7,9,13H2,1H3,(H,15,17). The molecule has 5 heteroatoms. The van der Waals surface area contributed by atoms with E-state index in [4.69, 9.17) is 5.73 Å². The molecule has 1 heterocycles. The third kappa shape index (κ3) is 4.99. The van der Waals surface area contributed by atoms with Crippen molar-refractivity contribution in [3.05, 3.63) is 18.7 Å². The van der Waals surface area contributed by atoms with Crippen molar-refractivity contribution in [2.24, 2.45) is 11.7 Å². The molecule has 17 heavy (non-hydrogen) atoms. The average molecular weight is 238 g/mol. The van der Waals surface area contributed by atoms with Crippen LogP contribution < -0.4 is 11.1 Å². The summed E-state index contributed by atoms with van der Waals surface area (Å²) in [5.41, 5.74) is 5.51. The van der Waals surface area contributed by atoms with Crippen LogP contribution in [0, 0.1) is 5.92 Å². The molecule has 0 saturated heterocycles. The second-order valence-corrected chi connectivity index (χ2v) is 4.14. The van der Waals surface area contributed by atoms with Gasteiger partial charge in [-0.05, 0) is 19.3 Å². The Morgan fingerprint density at radius 2 is 2.35 bits per heavy atom. The maximum atomic E-state index is 11.6. The van der Waals surface area contributed by atoms with Gasteiger partial charge in [0.1, 0.15) is 0 Å². The highest BCUT2D eigenvalue weighted by atomic mass is 16.1. The maximum absolute atomic E-state index is 11.6. The van der Waals surface area contributed by atoms with Crippen molar-refractivity contribution in [2.45, 2.75) is 32.7 Å². The fraction of sp³-hybridized carbons (Fsp3) is 0.667. The van der Waals surface area contributed by atoms with Crippen LogP contribution in [0.2, 0.25) is 0 Å². The number of rotatable bonds is 8. The Morgan fingerprint density at radius 3 is 2.94 bits per heavy atom. The van der Waals surface area contributed by atoms with Gasteiger partial charge in [-0.1, -0.05) is 6.92 Å². The lowest BCUT2D eigenvalue weighted by Gasteiger charge is -2.12. The molecule has 0 aliphatic rings. The smallest absolute Gasteiger partial charge is 0.224 e. The molecule has 0 aromatic carbocycles. The Bertz CT molecular complexity index is 306. The molecule has 0 saturated carbocycles. The highest BCUT2D eigenvalue weighted by Gasteiger charge is 2.12. The van der Waals surface area contributed by atoms with Crippen LogP contribution in [-0.4, -0.2) is 28.5 Å². The van der Waals surface area contributed by atoms with Crippen LogP contribution in [0.15, 0.2) is 18.7 Å². The summed E-state index contributed by atoms with van der Waals surface area (Å²) in [6.45, 7) is 4.08. The van der Waals surface area contributed by atoms with E-state index in [1.165, 1.54) is 0 Å². The molecule has 96 valence electrons. The molecule has 1 amide bonds. The van der Waals surface area contributed by atoms with E-state index in [1.807, 2.05) is 17.7 Å². The fourth-order valence-corrected chi connectivity index (χ4v) is 1.65. The van der Waals surface area contributed by atoms with Gasteiger partial charge in [0.25, 0.3) is 0 Å². The largest absolute Gasteiger partial charge is 0.356 e. The lowest BCUT2D eigenvalue weighted by atomic mass is 10.1. The molecule has 0 aliphatic heterocycles. The third-order valence-electron chi connectivity index (χ3n) is 2.85. The Balaban J connectivity index is 2.05. The summed E-state index contributed by atoms with van der Waals surface area (Å²) in [4.78, 5) is 15.6. The number of aromatic nitrogens is 2. The zero-order valence-electron chi connectivity index (χ0n) is 10.4. The number of amides is 1. The van der Waals surface area contributed by atoms with Gasteiger partial charge in [-0.2, -0.15) is 0 Å². The minimum Gasteiger partial charge on any atom is -0.356 e. The van der Waals surface area contributed by atoms with E-state index >= 15 is 0 Å². The van der Waals surface area contributed by atoms with E-state index in [1.54, 1.807) is 12.5 Å². The van der Waals surface area contributed by atoms with Gasteiger partial charge in [0.05, 0.1) is 6.33 Å². The summed E-state index contributed by atoms with van der Waals surface area (Å²) in [5, 5.41) is 2.92. The maximum Gasteiger partial charge on any atom is 0.224 e. The molecular weight excluding hydrogens is 216 g/mol. The number of aryl methyl sites for hydroxylation is 1. The normalized spacial score (nSPS) is 12.4. The van der Waals surface area contributed by atoms with Gasteiger partial charge >= 0.3 is 0 Å². The first kappa shape index (κ1) is 13.7. The minimum atomic E-state index is -0.0383. The monoisotopic (exact) mass is 238 g/mol. The van der Waals surface area contributed by atoms with Crippen molar-refractivity contribution in [1.82, 2.24) is 14.9 Å². The molecule has 0 radical (unpaired) electrons. The number of unbranched alkanes of at least 4 members (excludes halogenated alkanes) is 1. The number of nitrogens with two attached hydrogens (primary N) is 1. The summed E-state index contributed by atoms with van der Waals surface area (Å²) >= 11 is 0. The second kappa shape index (κ2) is 7.84. The number of nitrogens with one attached hydrogen (secondary N) is 1. The SMILES string of the molecule is CCC(CN)C(=O)NCCCCn1ccnc1. The van der Waals surface area contributed by atoms with Gasteiger partial charge in [0, 0.05) is 37.9 Å². The molecule has 5 nitrogen and oxygen atoms in total. The molecule has 1 aromatic heterocycles. The fourth-order valence-electron chi connectivity index (χ4n) is 1.65. The van der Waals surface area contributed by atoms with Crippen LogP contribution in [0.1, 0.15) is 26.2 Å². The summed E-state index contributed by atoms with van der Waals surface area (Å²) in [7, 11) is 0. The molecule has 1 aromatic rings. The van der Waals surface area contributed by atoms with Crippen LogP contribution in [0.25, 0.3) is 0 Å². The molecule has 0 spiro atoms. The van der Waals surface area contributed by atoms with Crippen LogP contribution in [0.4, 0.5) is 0 Å². The second-order valence-electron chi connectivity index (χ2n) is 4.14. The third-order valence-corrected chi connectivity index (χ3v) is 2.85. The van der Waals surface area contributed by atoms with Crippen molar-refractivity contribution >= 4 is 5.91 Å². The van der Waals surface area contributed by atoms with Gasteiger partial charge in [0.2, 0.25) is 5.91 Å². The Hall–Kier alpha value is -1.36. The highest BCUT2D eigenvalue weighted by Crippen LogP contribution is 2.00. The molecule has 0 fully saturated rings. The first-order chi connectivity index (χ1) is 8.27. The number of imidazole rings is 1. The molecule has 1 rings (SSSR count). The van der Waals surface area contributed by atoms with Crippen LogP contribution in [0.5, 0.6) is 0 Å². The van der Waals surface area contributed by atoms with Crippen molar-refractivity contribution in [2.75, 3.05) is 13.1 Å².